The van der Waals surface area contributed by atoms with Gasteiger partial charge < -0.3 is 9.84 Å². The number of ether oxygens (including phenoxy) is 1. The number of aliphatic hydroxyl groups excluding tert-OH is 1. The monoisotopic (exact) mass is 277 g/mol. The number of aliphatic hydroxyl groups is 1. The van der Waals surface area contributed by atoms with E-state index in [0.717, 1.165) is 25.9 Å². The van der Waals surface area contributed by atoms with Gasteiger partial charge in [-0.3, -0.25) is 0 Å². The van der Waals surface area contributed by atoms with Crippen LogP contribution in [0.5, 0.6) is 0 Å². The molecule has 2 saturated heterocycles. The van der Waals surface area contributed by atoms with E-state index >= 15 is 0 Å². The predicted molar refractivity (Wildman–Crippen MR) is 68.7 cm³/mol. The van der Waals surface area contributed by atoms with Gasteiger partial charge in [0.2, 0.25) is 10.0 Å². The van der Waals surface area contributed by atoms with Crippen molar-refractivity contribution in [3.8, 4) is 0 Å². The predicted octanol–water partition coefficient (Wildman–Crippen LogP) is 0.446. The molecule has 0 amide bonds. The van der Waals surface area contributed by atoms with E-state index in [4.69, 9.17) is 4.74 Å². The van der Waals surface area contributed by atoms with Crippen molar-refractivity contribution in [3.63, 3.8) is 0 Å². The second-order valence-electron chi connectivity index (χ2n) is 5.56. The van der Waals surface area contributed by atoms with E-state index in [9.17, 15) is 13.5 Å². The standard InChI is InChI=1S/C12H23NO4S/c1-18(15,16)13-5-2-3-10(8-13)7-12(14)11-4-6-17-9-11/h10-12,14H,2-9H2,1H3. The Kier molecular flexibility index (Phi) is 4.64. The second kappa shape index (κ2) is 5.86. The average molecular weight is 277 g/mol. The molecular formula is C12H23NO4S. The number of hydrogen-bond acceptors (Lipinski definition) is 4. The van der Waals surface area contributed by atoms with Gasteiger partial charge >= 0.3 is 0 Å². The summed E-state index contributed by atoms with van der Waals surface area (Å²) in [5, 5.41) is 10.1. The Labute approximate surface area is 109 Å². The largest absolute Gasteiger partial charge is 0.393 e. The summed E-state index contributed by atoms with van der Waals surface area (Å²) in [4.78, 5) is 0. The molecule has 0 spiro atoms. The van der Waals surface area contributed by atoms with Crippen LogP contribution in [-0.4, -0.2) is 56.5 Å². The number of hydrogen-bond donors (Lipinski definition) is 1. The van der Waals surface area contributed by atoms with Crippen molar-refractivity contribution >= 4 is 10.0 Å². The second-order valence-corrected chi connectivity index (χ2v) is 7.54. The van der Waals surface area contributed by atoms with Crippen LogP contribution in [0.2, 0.25) is 0 Å². The zero-order valence-corrected chi connectivity index (χ0v) is 11.7. The van der Waals surface area contributed by atoms with Crippen molar-refractivity contribution < 1.29 is 18.3 Å². The molecule has 2 aliphatic rings. The minimum absolute atomic E-state index is 0.235. The van der Waals surface area contributed by atoms with Gasteiger partial charge in [-0.25, -0.2) is 12.7 Å². The molecule has 3 atom stereocenters. The van der Waals surface area contributed by atoms with Gasteiger partial charge in [-0.1, -0.05) is 0 Å². The van der Waals surface area contributed by atoms with Crippen molar-refractivity contribution in [2.45, 2.75) is 31.8 Å². The number of nitrogens with zero attached hydrogens (tertiary/aromatic N) is 1. The van der Waals surface area contributed by atoms with Crippen LogP contribution in [0.15, 0.2) is 0 Å². The smallest absolute Gasteiger partial charge is 0.211 e. The summed E-state index contributed by atoms with van der Waals surface area (Å²) in [5.41, 5.74) is 0. The Morgan fingerprint density at radius 2 is 2.22 bits per heavy atom. The normalized spacial score (nSPS) is 32.6. The molecule has 6 heteroatoms. The first-order chi connectivity index (χ1) is 8.47. The zero-order valence-electron chi connectivity index (χ0n) is 10.9. The van der Waals surface area contributed by atoms with E-state index in [2.05, 4.69) is 0 Å². The maximum absolute atomic E-state index is 11.5. The lowest BCUT2D eigenvalue weighted by Crippen LogP contribution is -2.40. The van der Waals surface area contributed by atoms with Crippen LogP contribution in [0.3, 0.4) is 0 Å². The Bertz CT molecular complexity index is 364. The van der Waals surface area contributed by atoms with Gasteiger partial charge in [0.1, 0.15) is 0 Å². The van der Waals surface area contributed by atoms with Gasteiger partial charge in [-0.2, -0.15) is 0 Å². The quantitative estimate of drug-likeness (QED) is 0.810. The van der Waals surface area contributed by atoms with E-state index in [-0.39, 0.29) is 17.9 Å². The summed E-state index contributed by atoms with van der Waals surface area (Å²) in [6.45, 7) is 2.56. The fourth-order valence-electron chi connectivity index (χ4n) is 2.91. The molecule has 5 nitrogen and oxygen atoms in total. The maximum Gasteiger partial charge on any atom is 0.211 e. The molecule has 2 fully saturated rings. The highest BCUT2D eigenvalue weighted by molar-refractivity contribution is 7.88. The minimum atomic E-state index is -3.09. The lowest BCUT2D eigenvalue weighted by Gasteiger charge is -2.32. The van der Waals surface area contributed by atoms with Gasteiger partial charge in [0.05, 0.1) is 19.0 Å². The number of sulfonamides is 1. The van der Waals surface area contributed by atoms with E-state index in [1.807, 2.05) is 0 Å². The van der Waals surface area contributed by atoms with Crippen LogP contribution in [0.4, 0.5) is 0 Å². The van der Waals surface area contributed by atoms with E-state index in [1.165, 1.54) is 6.26 Å². The van der Waals surface area contributed by atoms with Gasteiger partial charge in [0.25, 0.3) is 0 Å². The third-order valence-electron chi connectivity index (χ3n) is 4.03. The maximum atomic E-state index is 11.5. The van der Waals surface area contributed by atoms with Crippen LogP contribution < -0.4 is 0 Å². The minimum Gasteiger partial charge on any atom is -0.393 e. The number of piperidine rings is 1. The first-order valence-electron chi connectivity index (χ1n) is 6.67. The first-order valence-corrected chi connectivity index (χ1v) is 8.52. The number of rotatable bonds is 4. The lowest BCUT2D eigenvalue weighted by atomic mass is 9.88. The van der Waals surface area contributed by atoms with Gasteiger partial charge in [0, 0.05) is 25.6 Å². The van der Waals surface area contributed by atoms with Crippen molar-refractivity contribution in [2.24, 2.45) is 11.8 Å². The van der Waals surface area contributed by atoms with Crippen LogP contribution in [-0.2, 0) is 14.8 Å². The van der Waals surface area contributed by atoms with Crippen molar-refractivity contribution in [2.75, 3.05) is 32.6 Å². The van der Waals surface area contributed by atoms with Crippen molar-refractivity contribution in [1.82, 2.24) is 4.31 Å². The molecule has 0 aromatic rings. The molecule has 0 radical (unpaired) electrons. The summed E-state index contributed by atoms with van der Waals surface area (Å²) in [6, 6.07) is 0. The van der Waals surface area contributed by atoms with Gasteiger partial charge in [-0.15, -0.1) is 0 Å². The molecule has 2 aliphatic heterocycles. The summed E-state index contributed by atoms with van der Waals surface area (Å²) >= 11 is 0. The fourth-order valence-corrected chi connectivity index (χ4v) is 3.85. The molecule has 0 aromatic heterocycles. The third kappa shape index (κ3) is 3.66. The molecule has 2 rings (SSSR count). The highest BCUT2D eigenvalue weighted by Crippen LogP contribution is 2.27. The zero-order chi connectivity index (χ0) is 13.2. The van der Waals surface area contributed by atoms with E-state index in [1.54, 1.807) is 4.31 Å². The topological polar surface area (TPSA) is 66.8 Å². The third-order valence-corrected chi connectivity index (χ3v) is 5.30. The first kappa shape index (κ1) is 14.2. The van der Waals surface area contributed by atoms with Crippen LogP contribution in [0, 0.1) is 11.8 Å². The molecule has 3 unspecified atom stereocenters. The summed E-state index contributed by atoms with van der Waals surface area (Å²) in [5.74, 6) is 0.516. The Morgan fingerprint density at radius 1 is 1.44 bits per heavy atom. The highest BCUT2D eigenvalue weighted by Gasteiger charge is 2.30. The Hall–Kier alpha value is -0.170. The highest BCUT2D eigenvalue weighted by atomic mass is 32.2. The lowest BCUT2D eigenvalue weighted by molar-refractivity contribution is 0.0615. The van der Waals surface area contributed by atoms with Gasteiger partial charge in [-0.05, 0) is 31.6 Å². The summed E-state index contributed by atoms with van der Waals surface area (Å²) in [7, 11) is -3.09. The van der Waals surface area contributed by atoms with Crippen LogP contribution >= 0.6 is 0 Å². The molecular weight excluding hydrogens is 254 g/mol. The van der Waals surface area contributed by atoms with Crippen molar-refractivity contribution in [1.29, 1.82) is 0 Å². The summed E-state index contributed by atoms with van der Waals surface area (Å²) < 4.78 is 29.9. The molecule has 106 valence electrons. The van der Waals surface area contributed by atoms with Crippen molar-refractivity contribution in [3.05, 3.63) is 0 Å². The van der Waals surface area contributed by atoms with E-state index < -0.39 is 10.0 Å². The SMILES string of the molecule is CS(=O)(=O)N1CCCC(CC(O)C2CCOC2)C1. The molecule has 0 aliphatic carbocycles. The van der Waals surface area contributed by atoms with Crippen LogP contribution in [0.1, 0.15) is 25.7 Å². The molecule has 18 heavy (non-hydrogen) atoms. The van der Waals surface area contributed by atoms with E-state index in [0.29, 0.717) is 26.1 Å². The van der Waals surface area contributed by atoms with Gasteiger partial charge in [0.15, 0.2) is 0 Å². The molecule has 2 heterocycles. The molecule has 0 saturated carbocycles. The summed E-state index contributed by atoms with van der Waals surface area (Å²) in [6.07, 6.45) is 4.43. The Morgan fingerprint density at radius 3 is 2.83 bits per heavy atom. The van der Waals surface area contributed by atoms with Crippen LogP contribution in [0.25, 0.3) is 0 Å². The average Bonchev–Trinajstić information content (AvgIpc) is 2.81. The Balaban J connectivity index is 1.85. The molecule has 0 bridgehead atoms. The molecule has 1 N–H and O–H groups in total. The molecule has 0 aromatic carbocycles. The fraction of sp³-hybridized carbons (Fsp3) is 1.00.